The Labute approximate surface area is 224 Å². The van der Waals surface area contributed by atoms with E-state index < -0.39 is 0 Å². The molecule has 4 aromatic heterocycles. The number of para-hydroxylation sites is 2. The second-order valence-corrected chi connectivity index (χ2v) is 9.34. The SMILES string of the molecule is Cc1c(C#Cc2cccc3cc(C(C)NC(=O)c4c(N)nn5cccnc45)n(-c4ccccc4)c23)cnn1C. The van der Waals surface area contributed by atoms with Crippen LogP contribution in [0, 0.1) is 18.8 Å². The molecule has 4 heterocycles. The minimum Gasteiger partial charge on any atom is -0.381 e. The van der Waals surface area contributed by atoms with E-state index in [9.17, 15) is 4.79 Å². The molecule has 9 nitrogen and oxygen atoms in total. The summed E-state index contributed by atoms with van der Waals surface area (Å²) in [6.45, 7) is 3.95. The summed E-state index contributed by atoms with van der Waals surface area (Å²) in [6.07, 6.45) is 5.10. The van der Waals surface area contributed by atoms with E-state index in [1.54, 1.807) is 24.7 Å². The van der Waals surface area contributed by atoms with Gasteiger partial charge in [-0.05, 0) is 44.2 Å². The quantitative estimate of drug-likeness (QED) is 0.343. The molecule has 0 radical (unpaired) electrons. The lowest BCUT2D eigenvalue weighted by Gasteiger charge is -2.18. The second-order valence-electron chi connectivity index (χ2n) is 9.34. The zero-order valence-corrected chi connectivity index (χ0v) is 21.8. The van der Waals surface area contributed by atoms with E-state index in [2.05, 4.69) is 49.0 Å². The summed E-state index contributed by atoms with van der Waals surface area (Å²) in [5.74, 6) is 6.44. The molecule has 9 heteroatoms. The van der Waals surface area contributed by atoms with Gasteiger partial charge < -0.3 is 15.6 Å². The number of carbonyl (C=O) groups excluding carboxylic acids is 1. The number of aromatic nitrogens is 6. The normalized spacial score (nSPS) is 11.9. The fourth-order valence-corrected chi connectivity index (χ4v) is 4.78. The average molecular weight is 515 g/mol. The number of nitrogens with zero attached hydrogens (tertiary/aromatic N) is 6. The van der Waals surface area contributed by atoms with Gasteiger partial charge in [0.25, 0.3) is 5.91 Å². The number of hydrogen-bond donors (Lipinski definition) is 2. The first-order valence-corrected chi connectivity index (χ1v) is 12.5. The second kappa shape index (κ2) is 9.50. The first kappa shape index (κ1) is 24.0. The van der Waals surface area contributed by atoms with E-state index in [1.165, 1.54) is 4.52 Å². The lowest BCUT2D eigenvalue weighted by Crippen LogP contribution is -2.28. The van der Waals surface area contributed by atoms with Crippen molar-refractivity contribution in [3.8, 4) is 17.5 Å². The molecule has 0 aliphatic rings. The zero-order chi connectivity index (χ0) is 27.1. The monoisotopic (exact) mass is 514 g/mol. The van der Waals surface area contributed by atoms with E-state index in [0.29, 0.717) is 5.65 Å². The number of nitrogens with two attached hydrogens (primary N) is 1. The smallest absolute Gasteiger partial charge is 0.259 e. The fourth-order valence-electron chi connectivity index (χ4n) is 4.78. The highest BCUT2D eigenvalue weighted by Crippen LogP contribution is 2.31. The number of fused-ring (bicyclic) bond motifs is 2. The number of nitrogens with one attached hydrogen (secondary N) is 1. The lowest BCUT2D eigenvalue weighted by atomic mass is 10.1. The van der Waals surface area contributed by atoms with Crippen LogP contribution < -0.4 is 11.1 Å². The third-order valence-corrected chi connectivity index (χ3v) is 6.87. The largest absolute Gasteiger partial charge is 0.381 e. The molecule has 1 amide bonds. The first-order chi connectivity index (χ1) is 18.9. The molecular weight excluding hydrogens is 488 g/mol. The lowest BCUT2D eigenvalue weighted by molar-refractivity contribution is 0.0941. The Morgan fingerprint density at radius 1 is 1.05 bits per heavy atom. The maximum atomic E-state index is 13.4. The third-order valence-electron chi connectivity index (χ3n) is 6.87. The number of hydrogen-bond acceptors (Lipinski definition) is 5. The summed E-state index contributed by atoms with van der Waals surface area (Å²) in [5.41, 5.74) is 12.4. The van der Waals surface area contributed by atoms with Gasteiger partial charge in [-0.3, -0.25) is 9.48 Å². The molecule has 2 aromatic carbocycles. The van der Waals surface area contributed by atoms with Gasteiger partial charge >= 0.3 is 0 Å². The van der Waals surface area contributed by atoms with Crippen LogP contribution >= 0.6 is 0 Å². The van der Waals surface area contributed by atoms with Crippen molar-refractivity contribution in [3.05, 3.63) is 107 Å². The molecule has 1 unspecified atom stereocenters. The van der Waals surface area contributed by atoms with Gasteiger partial charge in [-0.1, -0.05) is 42.2 Å². The van der Waals surface area contributed by atoms with Crippen LogP contribution in [0.15, 0.2) is 79.3 Å². The van der Waals surface area contributed by atoms with Crippen molar-refractivity contribution < 1.29 is 4.79 Å². The van der Waals surface area contributed by atoms with E-state index in [4.69, 9.17) is 5.73 Å². The van der Waals surface area contributed by atoms with Crippen LogP contribution in [0.4, 0.5) is 5.82 Å². The van der Waals surface area contributed by atoms with Gasteiger partial charge in [0, 0.05) is 41.8 Å². The highest BCUT2D eigenvalue weighted by Gasteiger charge is 2.24. The van der Waals surface area contributed by atoms with Gasteiger partial charge in [0.15, 0.2) is 11.5 Å². The van der Waals surface area contributed by atoms with Gasteiger partial charge in [0.1, 0.15) is 5.56 Å². The predicted octanol–water partition coefficient (Wildman–Crippen LogP) is 4.19. The van der Waals surface area contributed by atoms with Crippen molar-refractivity contribution in [2.24, 2.45) is 7.05 Å². The molecule has 6 aromatic rings. The molecule has 3 N–H and O–H groups in total. The summed E-state index contributed by atoms with van der Waals surface area (Å²) in [4.78, 5) is 17.7. The fraction of sp³-hybridized carbons (Fsp3) is 0.133. The number of amides is 1. The van der Waals surface area contributed by atoms with Crippen LogP contribution in [0.25, 0.3) is 22.2 Å². The highest BCUT2D eigenvalue weighted by molar-refractivity contribution is 6.04. The molecule has 0 spiro atoms. The first-order valence-electron chi connectivity index (χ1n) is 12.5. The summed E-state index contributed by atoms with van der Waals surface area (Å²) < 4.78 is 5.47. The molecule has 0 saturated heterocycles. The molecule has 192 valence electrons. The third kappa shape index (κ3) is 4.18. The van der Waals surface area contributed by atoms with Crippen molar-refractivity contribution >= 4 is 28.3 Å². The molecule has 0 saturated carbocycles. The summed E-state index contributed by atoms with van der Waals surface area (Å²) >= 11 is 0. The van der Waals surface area contributed by atoms with Crippen molar-refractivity contribution in [2.45, 2.75) is 19.9 Å². The van der Waals surface area contributed by atoms with E-state index in [0.717, 1.165) is 39.1 Å². The van der Waals surface area contributed by atoms with Crippen LogP contribution in [0.2, 0.25) is 0 Å². The Kier molecular flexibility index (Phi) is 5.85. The Balaban J connectivity index is 1.46. The van der Waals surface area contributed by atoms with Crippen molar-refractivity contribution in [2.75, 3.05) is 5.73 Å². The molecular formula is C30H26N8O. The molecule has 6 rings (SSSR count). The Hall–Kier alpha value is -5.36. The number of benzene rings is 2. The van der Waals surface area contributed by atoms with Crippen LogP contribution in [0.3, 0.4) is 0 Å². The van der Waals surface area contributed by atoms with E-state index in [-0.39, 0.29) is 23.3 Å². The molecule has 0 bridgehead atoms. The summed E-state index contributed by atoms with van der Waals surface area (Å²) in [6, 6.07) is 19.6. The molecule has 0 aliphatic carbocycles. The minimum absolute atomic E-state index is 0.130. The van der Waals surface area contributed by atoms with Crippen molar-refractivity contribution in [3.63, 3.8) is 0 Å². The molecule has 1 atom stereocenters. The number of rotatable bonds is 4. The van der Waals surface area contributed by atoms with E-state index >= 15 is 0 Å². The van der Waals surface area contributed by atoms with Crippen molar-refractivity contribution in [1.29, 1.82) is 0 Å². The summed E-state index contributed by atoms with van der Waals surface area (Å²) in [7, 11) is 1.90. The van der Waals surface area contributed by atoms with Crippen molar-refractivity contribution in [1.82, 2.24) is 34.3 Å². The van der Waals surface area contributed by atoms with Gasteiger partial charge in [-0.2, -0.15) is 5.10 Å². The topological polar surface area (TPSA) is 108 Å². The number of anilines is 1. The molecule has 39 heavy (non-hydrogen) atoms. The van der Waals surface area contributed by atoms with Gasteiger partial charge in [0.2, 0.25) is 0 Å². The zero-order valence-electron chi connectivity index (χ0n) is 21.8. The number of carbonyl (C=O) groups is 1. The van der Waals surface area contributed by atoms with Gasteiger partial charge in [0.05, 0.1) is 29.0 Å². The molecule has 0 aliphatic heterocycles. The standard InChI is InChI=1S/C30H26N8O/c1-19(34-30(39)26-28(31)35-37-16-8-15-32-29(26)37)25-17-22-10-7-9-21(13-14-23-18-33-36(3)20(23)2)27(22)38(25)24-11-5-4-6-12-24/h4-12,15-19H,1-3H3,(H2,31,35)(H,34,39). The van der Waals surface area contributed by atoms with Crippen LogP contribution in [0.1, 0.15) is 45.8 Å². The van der Waals surface area contributed by atoms with Crippen LogP contribution in [-0.2, 0) is 7.05 Å². The van der Waals surface area contributed by atoms with Gasteiger partial charge in [-0.15, -0.1) is 5.10 Å². The average Bonchev–Trinajstić information content (AvgIpc) is 3.60. The minimum atomic E-state index is -0.371. The van der Waals surface area contributed by atoms with Crippen LogP contribution in [0.5, 0.6) is 0 Å². The van der Waals surface area contributed by atoms with E-state index in [1.807, 2.05) is 68.0 Å². The maximum absolute atomic E-state index is 13.4. The highest BCUT2D eigenvalue weighted by atomic mass is 16.1. The number of nitrogen functional groups attached to an aromatic ring is 1. The van der Waals surface area contributed by atoms with Crippen LogP contribution in [-0.4, -0.2) is 34.9 Å². The Morgan fingerprint density at radius 2 is 1.85 bits per heavy atom. The predicted molar refractivity (Wildman–Crippen MR) is 150 cm³/mol. The maximum Gasteiger partial charge on any atom is 0.259 e. The Morgan fingerprint density at radius 3 is 2.62 bits per heavy atom. The van der Waals surface area contributed by atoms with Gasteiger partial charge in [-0.25, -0.2) is 9.50 Å². The molecule has 0 fully saturated rings. The summed E-state index contributed by atoms with van der Waals surface area (Å²) in [5, 5.41) is 12.7. The number of aryl methyl sites for hydroxylation is 1. The Bertz CT molecular complexity index is 1920.